The minimum Gasteiger partial charge on any atom is -0.478 e. The van der Waals surface area contributed by atoms with Crippen molar-refractivity contribution in [3.05, 3.63) is 81.9 Å². The second-order valence-corrected chi connectivity index (χ2v) is 6.96. The van der Waals surface area contributed by atoms with E-state index < -0.39 is 5.97 Å². The number of hydrogen-bond donors (Lipinski definition) is 2. The van der Waals surface area contributed by atoms with Gasteiger partial charge in [0.25, 0.3) is 5.91 Å². The van der Waals surface area contributed by atoms with E-state index in [0.717, 1.165) is 11.3 Å². The first kappa shape index (κ1) is 19.6. The number of benzene rings is 2. The molecule has 0 saturated carbocycles. The van der Waals surface area contributed by atoms with Crippen molar-refractivity contribution >= 4 is 23.5 Å². The smallest absolute Gasteiger partial charge is 0.335 e. The molecule has 2 N–H and O–H groups in total. The lowest BCUT2D eigenvalue weighted by atomic mass is 10.1. The van der Waals surface area contributed by atoms with Crippen molar-refractivity contribution in [3.8, 4) is 5.69 Å². The molecule has 1 aromatic heterocycles. The molecule has 0 aliphatic heterocycles. The van der Waals surface area contributed by atoms with Crippen molar-refractivity contribution in [1.82, 2.24) is 14.9 Å². The number of aromatic carboxylic acids is 1. The minimum absolute atomic E-state index is 0.203. The fourth-order valence-electron chi connectivity index (χ4n) is 3.10. The number of carbonyl (C=O) groups is 2. The van der Waals surface area contributed by atoms with Gasteiger partial charge in [-0.25, -0.2) is 9.78 Å². The molecule has 3 rings (SSSR count). The van der Waals surface area contributed by atoms with Crippen molar-refractivity contribution in [2.45, 2.75) is 26.8 Å². The highest BCUT2D eigenvalue weighted by Gasteiger charge is 2.22. The predicted molar refractivity (Wildman–Crippen MR) is 107 cm³/mol. The van der Waals surface area contributed by atoms with Gasteiger partial charge in [0.15, 0.2) is 0 Å². The fraction of sp³-hybridized carbons (Fsp3) is 0.190. The van der Waals surface area contributed by atoms with E-state index in [0.29, 0.717) is 22.2 Å². The number of carboxylic acids is 1. The first-order chi connectivity index (χ1) is 13.3. The van der Waals surface area contributed by atoms with Gasteiger partial charge in [-0.15, -0.1) is 0 Å². The molecule has 1 atom stereocenters. The van der Waals surface area contributed by atoms with Crippen LogP contribution in [0.25, 0.3) is 5.69 Å². The minimum atomic E-state index is -0.985. The van der Waals surface area contributed by atoms with Gasteiger partial charge in [-0.05, 0) is 62.7 Å². The van der Waals surface area contributed by atoms with Gasteiger partial charge in [0.05, 0.1) is 17.3 Å². The maximum Gasteiger partial charge on any atom is 0.335 e. The second kappa shape index (κ2) is 7.86. The maximum atomic E-state index is 13.0. The number of hydrogen-bond acceptors (Lipinski definition) is 3. The van der Waals surface area contributed by atoms with E-state index in [4.69, 9.17) is 16.7 Å². The van der Waals surface area contributed by atoms with Crippen LogP contribution in [0.2, 0.25) is 5.02 Å². The largest absolute Gasteiger partial charge is 0.478 e. The molecule has 7 heteroatoms. The van der Waals surface area contributed by atoms with E-state index in [1.165, 1.54) is 12.1 Å². The Morgan fingerprint density at radius 1 is 1.07 bits per heavy atom. The van der Waals surface area contributed by atoms with Crippen LogP contribution in [0.15, 0.2) is 48.5 Å². The molecule has 28 heavy (non-hydrogen) atoms. The van der Waals surface area contributed by atoms with E-state index >= 15 is 0 Å². The highest BCUT2D eigenvalue weighted by Crippen LogP contribution is 2.21. The van der Waals surface area contributed by atoms with Crippen LogP contribution in [0.3, 0.4) is 0 Å². The molecular weight excluding hydrogens is 378 g/mol. The number of carboxylic acid groups (broad SMARTS) is 1. The van der Waals surface area contributed by atoms with Gasteiger partial charge in [0.1, 0.15) is 11.5 Å². The van der Waals surface area contributed by atoms with Gasteiger partial charge in [-0.2, -0.15) is 0 Å². The molecule has 6 nitrogen and oxygen atoms in total. The van der Waals surface area contributed by atoms with Crippen LogP contribution < -0.4 is 5.32 Å². The zero-order valence-corrected chi connectivity index (χ0v) is 16.5. The summed E-state index contributed by atoms with van der Waals surface area (Å²) in [7, 11) is 0. The second-order valence-electron chi connectivity index (χ2n) is 6.53. The lowest BCUT2D eigenvalue weighted by molar-refractivity contribution is 0.0696. The van der Waals surface area contributed by atoms with E-state index in [2.05, 4.69) is 10.3 Å². The Bertz CT molecular complexity index is 1020. The number of aryl methyl sites for hydroxylation is 2. The first-order valence-electron chi connectivity index (χ1n) is 8.74. The van der Waals surface area contributed by atoms with Gasteiger partial charge in [-0.1, -0.05) is 23.7 Å². The molecule has 0 saturated heterocycles. The van der Waals surface area contributed by atoms with E-state index in [1.54, 1.807) is 35.8 Å². The van der Waals surface area contributed by atoms with Gasteiger partial charge in [0, 0.05) is 10.7 Å². The predicted octanol–water partition coefficient (Wildman–Crippen LogP) is 4.33. The summed E-state index contributed by atoms with van der Waals surface area (Å²) in [6.07, 6.45) is 0. The number of rotatable bonds is 5. The zero-order chi connectivity index (χ0) is 20.4. The summed E-state index contributed by atoms with van der Waals surface area (Å²) in [6.45, 7) is 5.48. The quantitative estimate of drug-likeness (QED) is 0.671. The van der Waals surface area contributed by atoms with Crippen LogP contribution in [0.4, 0.5) is 0 Å². The molecule has 0 aliphatic carbocycles. The Kier molecular flexibility index (Phi) is 5.51. The number of halogens is 1. The first-order valence-corrected chi connectivity index (χ1v) is 9.11. The molecule has 1 amide bonds. The Hall–Kier alpha value is -3.12. The highest BCUT2D eigenvalue weighted by atomic mass is 35.5. The molecule has 0 aliphatic rings. The van der Waals surface area contributed by atoms with Crippen LogP contribution in [-0.4, -0.2) is 26.5 Å². The molecule has 144 valence electrons. The number of aromatic nitrogens is 2. The molecule has 0 radical (unpaired) electrons. The molecule has 0 fully saturated rings. The Balaban J connectivity index is 1.88. The van der Waals surface area contributed by atoms with Crippen molar-refractivity contribution < 1.29 is 14.7 Å². The Morgan fingerprint density at radius 2 is 1.68 bits per heavy atom. The third-order valence-electron chi connectivity index (χ3n) is 4.52. The summed E-state index contributed by atoms with van der Waals surface area (Å²) in [5, 5.41) is 12.6. The summed E-state index contributed by atoms with van der Waals surface area (Å²) < 4.78 is 1.79. The number of carbonyl (C=O) groups excluding carboxylic acids is 1. The van der Waals surface area contributed by atoms with Crippen LogP contribution in [0, 0.1) is 13.8 Å². The number of imidazole rings is 1. The Labute approximate surface area is 167 Å². The average Bonchev–Trinajstić information content (AvgIpc) is 2.96. The SMILES string of the molecule is Cc1nc(C)n(-c2ccc(Cl)cc2)c1C(=O)NC(C)c1ccc(C(=O)O)cc1. The van der Waals surface area contributed by atoms with E-state index in [9.17, 15) is 9.59 Å². The van der Waals surface area contributed by atoms with Gasteiger partial charge in [-0.3, -0.25) is 9.36 Å². The van der Waals surface area contributed by atoms with Crippen molar-refractivity contribution in [3.63, 3.8) is 0 Å². The van der Waals surface area contributed by atoms with Crippen molar-refractivity contribution in [2.24, 2.45) is 0 Å². The lowest BCUT2D eigenvalue weighted by Gasteiger charge is -2.16. The maximum absolute atomic E-state index is 13.0. The highest BCUT2D eigenvalue weighted by molar-refractivity contribution is 6.30. The normalized spacial score (nSPS) is 11.9. The van der Waals surface area contributed by atoms with Crippen LogP contribution in [0.5, 0.6) is 0 Å². The van der Waals surface area contributed by atoms with E-state index in [1.807, 2.05) is 26.0 Å². The molecular formula is C21H20ClN3O3. The van der Waals surface area contributed by atoms with Gasteiger partial charge >= 0.3 is 5.97 Å². The molecule has 0 spiro atoms. The number of nitrogens with zero attached hydrogens (tertiary/aromatic N) is 2. The van der Waals surface area contributed by atoms with Crippen LogP contribution in [0.1, 0.15) is 50.9 Å². The summed E-state index contributed by atoms with van der Waals surface area (Å²) in [6, 6.07) is 13.3. The number of amides is 1. The molecule has 3 aromatic rings. The lowest BCUT2D eigenvalue weighted by Crippen LogP contribution is -2.29. The van der Waals surface area contributed by atoms with Crippen LogP contribution >= 0.6 is 11.6 Å². The Morgan fingerprint density at radius 3 is 2.25 bits per heavy atom. The van der Waals surface area contributed by atoms with Crippen molar-refractivity contribution in [2.75, 3.05) is 0 Å². The monoisotopic (exact) mass is 397 g/mol. The summed E-state index contributed by atoms with van der Waals surface area (Å²) in [5.74, 6) is -0.549. The van der Waals surface area contributed by atoms with Gasteiger partial charge in [0.2, 0.25) is 0 Å². The van der Waals surface area contributed by atoms with Crippen LogP contribution in [-0.2, 0) is 0 Å². The third kappa shape index (κ3) is 3.92. The standard InChI is InChI=1S/C21H20ClN3O3/c1-12(15-4-6-16(7-5-15)21(27)28)24-20(26)19-13(2)23-14(3)25(19)18-10-8-17(22)9-11-18/h4-12H,1-3H3,(H,24,26)(H,27,28). The van der Waals surface area contributed by atoms with E-state index in [-0.39, 0.29) is 17.5 Å². The summed E-state index contributed by atoms with van der Waals surface area (Å²) in [4.78, 5) is 28.4. The molecule has 0 bridgehead atoms. The zero-order valence-electron chi connectivity index (χ0n) is 15.7. The summed E-state index contributed by atoms with van der Waals surface area (Å²) >= 11 is 5.97. The van der Waals surface area contributed by atoms with Crippen molar-refractivity contribution in [1.29, 1.82) is 0 Å². The fourth-order valence-corrected chi connectivity index (χ4v) is 3.23. The van der Waals surface area contributed by atoms with Gasteiger partial charge < -0.3 is 10.4 Å². The molecule has 1 unspecified atom stereocenters. The molecule has 1 heterocycles. The topological polar surface area (TPSA) is 84.2 Å². The number of nitrogens with one attached hydrogen (secondary N) is 1. The molecule has 2 aromatic carbocycles. The summed E-state index contributed by atoms with van der Waals surface area (Å²) in [5.41, 5.74) is 2.89. The average molecular weight is 398 g/mol. The third-order valence-corrected chi connectivity index (χ3v) is 4.78.